The molecule has 1 atom stereocenters. The maximum Gasteiger partial charge on any atom is 0.00643 e. The molecule has 2 rings (SSSR count). The number of hydrogen-bond donors (Lipinski definition) is 0. The van der Waals surface area contributed by atoms with Crippen LogP contribution in [0, 0.1) is 0 Å². The normalized spacial score (nSPS) is 21.9. The van der Waals surface area contributed by atoms with Gasteiger partial charge >= 0.3 is 0 Å². The quantitative estimate of drug-likeness (QED) is 0.542. The van der Waals surface area contributed by atoms with Crippen LogP contribution in [0.5, 0.6) is 0 Å². The van der Waals surface area contributed by atoms with Crippen molar-refractivity contribution in [3.8, 4) is 0 Å². The molecule has 1 heteroatoms. The maximum absolute atomic E-state index is 2.50. The Morgan fingerprint density at radius 3 is 3.00 bits per heavy atom. The third kappa shape index (κ3) is 1.51. The van der Waals surface area contributed by atoms with Gasteiger partial charge in [-0.3, -0.25) is 0 Å². The van der Waals surface area contributed by atoms with E-state index < -0.39 is 0 Å². The van der Waals surface area contributed by atoms with Crippen molar-refractivity contribution in [3.05, 3.63) is 35.4 Å². The van der Waals surface area contributed by atoms with Gasteiger partial charge in [-0.05, 0) is 36.3 Å². The van der Waals surface area contributed by atoms with Crippen molar-refractivity contribution in [3.63, 3.8) is 0 Å². The van der Waals surface area contributed by atoms with E-state index in [9.17, 15) is 0 Å². The van der Waals surface area contributed by atoms with Crippen LogP contribution in [0.4, 0.5) is 0 Å². The van der Waals surface area contributed by atoms with Gasteiger partial charge in [0.1, 0.15) is 0 Å². The van der Waals surface area contributed by atoms with E-state index >= 15 is 0 Å². The first-order valence-electron chi connectivity index (χ1n) is 4.55. The maximum atomic E-state index is 2.50. The molecule has 0 fully saturated rings. The number of benzene rings is 1. The second-order valence-corrected chi connectivity index (χ2v) is 4.32. The Bertz CT molecular complexity index is 267. The minimum atomic E-state index is 0.829. The lowest BCUT2D eigenvalue weighted by molar-refractivity contribution is 0.601. The van der Waals surface area contributed by atoms with Gasteiger partial charge in [-0.1, -0.05) is 46.9 Å². The zero-order valence-corrected chi connectivity index (χ0v) is 9.25. The first-order valence-corrected chi connectivity index (χ1v) is 6.08. The minimum Gasteiger partial charge on any atom is -0.0857 e. The highest BCUT2D eigenvalue weighted by molar-refractivity contribution is 14.1. The largest absolute Gasteiger partial charge is 0.0857 e. The SMILES string of the molecule is IC[C@H]1CCCc2ccccc21. The van der Waals surface area contributed by atoms with Crippen LogP contribution in [0.2, 0.25) is 0 Å². The highest BCUT2D eigenvalue weighted by Crippen LogP contribution is 2.32. The molecule has 0 saturated heterocycles. The van der Waals surface area contributed by atoms with E-state index in [-0.39, 0.29) is 0 Å². The number of halogens is 1. The second kappa shape index (κ2) is 3.77. The fourth-order valence-electron chi connectivity index (χ4n) is 2.01. The zero-order chi connectivity index (χ0) is 8.39. The van der Waals surface area contributed by atoms with E-state index in [0.717, 1.165) is 5.92 Å². The summed E-state index contributed by atoms with van der Waals surface area (Å²) >= 11 is 2.50. The van der Waals surface area contributed by atoms with Crippen molar-refractivity contribution in [2.45, 2.75) is 25.2 Å². The van der Waals surface area contributed by atoms with Crippen molar-refractivity contribution in [2.24, 2.45) is 0 Å². The van der Waals surface area contributed by atoms with Gasteiger partial charge in [0.15, 0.2) is 0 Å². The molecule has 0 aliphatic heterocycles. The average Bonchev–Trinajstić information content (AvgIpc) is 2.17. The molecule has 1 aromatic carbocycles. The summed E-state index contributed by atoms with van der Waals surface area (Å²) < 4.78 is 1.27. The van der Waals surface area contributed by atoms with Gasteiger partial charge in [0, 0.05) is 4.43 Å². The van der Waals surface area contributed by atoms with E-state index in [2.05, 4.69) is 46.9 Å². The average molecular weight is 272 g/mol. The third-order valence-electron chi connectivity index (χ3n) is 2.68. The number of rotatable bonds is 1. The van der Waals surface area contributed by atoms with Crippen LogP contribution in [0.1, 0.15) is 29.9 Å². The molecule has 0 radical (unpaired) electrons. The summed E-state index contributed by atoms with van der Waals surface area (Å²) in [6.07, 6.45) is 4.06. The van der Waals surface area contributed by atoms with Crippen LogP contribution < -0.4 is 0 Å². The lowest BCUT2D eigenvalue weighted by Gasteiger charge is -2.23. The van der Waals surface area contributed by atoms with Gasteiger partial charge in [-0.15, -0.1) is 0 Å². The number of aryl methyl sites for hydroxylation is 1. The van der Waals surface area contributed by atoms with E-state index in [1.807, 2.05) is 0 Å². The Morgan fingerprint density at radius 2 is 2.17 bits per heavy atom. The molecule has 64 valence electrons. The fourth-order valence-corrected chi connectivity index (χ4v) is 2.93. The molecule has 1 aliphatic carbocycles. The molecule has 1 aromatic rings. The number of hydrogen-bond acceptors (Lipinski definition) is 0. The zero-order valence-electron chi connectivity index (χ0n) is 7.09. The summed E-state index contributed by atoms with van der Waals surface area (Å²) in [5.74, 6) is 0.829. The van der Waals surface area contributed by atoms with Crippen LogP contribution in [0.25, 0.3) is 0 Å². The van der Waals surface area contributed by atoms with Crippen molar-refractivity contribution in [1.29, 1.82) is 0 Å². The predicted octanol–water partition coefficient (Wildman–Crippen LogP) is 3.54. The molecule has 12 heavy (non-hydrogen) atoms. The minimum absolute atomic E-state index is 0.829. The monoisotopic (exact) mass is 272 g/mol. The van der Waals surface area contributed by atoms with Crippen LogP contribution in [0.15, 0.2) is 24.3 Å². The van der Waals surface area contributed by atoms with Crippen molar-refractivity contribution >= 4 is 22.6 Å². The number of fused-ring (bicyclic) bond motifs is 1. The van der Waals surface area contributed by atoms with Gasteiger partial charge in [-0.25, -0.2) is 0 Å². The molecule has 0 aromatic heterocycles. The fraction of sp³-hybridized carbons (Fsp3) is 0.455. The topological polar surface area (TPSA) is 0 Å². The third-order valence-corrected chi connectivity index (χ3v) is 3.74. The molecule has 0 nitrogen and oxygen atoms in total. The number of alkyl halides is 1. The first-order chi connectivity index (χ1) is 5.92. The summed E-state index contributed by atoms with van der Waals surface area (Å²) in [7, 11) is 0. The summed E-state index contributed by atoms with van der Waals surface area (Å²) in [6.45, 7) is 0. The lowest BCUT2D eigenvalue weighted by atomic mass is 9.84. The summed E-state index contributed by atoms with van der Waals surface area (Å²) in [6, 6.07) is 8.92. The van der Waals surface area contributed by atoms with Crippen LogP contribution >= 0.6 is 22.6 Å². The molecule has 0 bridgehead atoms. The highest BCUT2D eigenvalue weighted by Gasteiger charge is 2.17. The standard InChI is InChI=1S/C11H13I/c12-8-10-6-3-5-9-4-1-2-7-11(9)10/h1-2,4,7,10H,3,5-6,8H2/t10-/m1/s1. The highest BCUT2D eigenvalue weighted by atomic mass is 127. The Morgan fingerprint density at radius 1 is 1.33 bits per heavy atom. The van der Waals surface area contributed by atoms with E-state index in [1.165, 1.54) is 23.7 Å². The molecule has 0 unspecified atom stereocenters. The van der Waals surface area contributed by atoms with Crippen LogP contribution in [0.3, 0.4) is 0 Å². The second-order valence-electron chi connectivity index (χ2n) is 3.44. The predicted molar refractivity (Wildman–Crippen MR) is 61.0 cm³/mol. The van der Waals surface area contributed by atoms with Crippen molar-refractivity contribution in [2.75, 3.05) is 4.43 Å². The van der Waals surface area contributed by atoms with Gasteiger partial charge in [0.05, 0.1) is 0 Å². The molecule has 0 spiro atoms. The van der Waals surface area contributed by atoms with E-state index in [4.69, 9.17) is 0 Å². The Labute approximate surface area is 87.5 Å². The first kappa shape index (κ1) is 8.54. The molecule has 0 saturated carbocycles. The Kier molecular flexibility index (Phi) is 2.69. The van der Waals surface area contributed by atoms with Gasteiger partial charge < -0.3 is 0 Å². The molecule has 0 amide bonds. The molecule has 1 aliphatic rings. The van der Waals surface area contributed by atoms with Crippen LogP contribution in [-0.4, -0.2) is 4.43 Å². The van der Waals surface area contributed by atoms with E-state index in [0.29, 0.717) is 0 Å². The van der Waals surface area contributed by atoms with Gasteiger partial charge in [0.2, 0.25) is 0 Å². The summed E-state index contributed by atoms with van der Waals surface area (Å²) in [5.41, 5.74) is 3.20. The summed E-state index contributed by atoms with van der Waals surface area (Å²) in [4.78, 5) is 0. The van der Waals surface area contributed by atoms with Crippen molar-refractivity contribution in [1.82, 2.24) is 0 Å². The lowest BCUT2D eigenvalue weighted by Crippen LogP contribution is -2.10. The Balaban J connectivity index is 2.37. The van der Waals surface area contributed by atoms with E-state index in [1.54, 1.807) is 11.1 Å². The van der Waals surface area contributed by atoms with Gasteiger partial charge in [-0.2, -0.15) is 0 Å². The smallest absolute Gasteiger partial charge is 0.00643 e. The van der Waals surface area contributed by atoms with Gasteiger partial charge in [0.25, 0.3) is 0 Å². The van der Waals surface area contributed by atoms with Crippen molar-refractivity contribution < 1.29 is 0 Å². The molecule has 0 N–H and O–H groups in total. The van der Waals surface area contributed by atoms with Crippen LogP contribution in [-0.2, 0) is 6.42 Å². The molecule has 0 heterocycles. The summed E-state index contributed by atoms with van der Waals surface area (Å²) in [5, 5.41) is 0. The molecular formula is C11H13I. The molecular weight excluding hydrogens is 259 g/mol. The Hall–Kier alpha value is -0.0500.